The molecule has 0 aromatic heterocycles. The van der Waals surface area contributed by atoms with E-state index >= 15 is 0 Å². The van der Waals surface area contributed by atoms with E-state index in [1.54, 1.807) is 24.3 Å². The number of benzene rings is 5. The second kappa shape index (κ2) is 13.3. The van der Waals surface area contributed by atoms with E-state index in [-0.39, 0.29) is 23.0 Å². The van der Waals surface area contributed by atoms with Crippen molar-refractivity contribution in [2.24, 2.45) is 0 Å². The molecule has 222 valence electrons. The first-order valence-corrected chi connectivity index (χ1v) is 15.2. The summed E-state index contributed by atoms with van der Waals surface area (Å²) in [4.78, 5) is 23.6. The molecule has 0 fully saturated rings. The Kier molecular flexibility index (Phi) is 9.11. The molecule has 0 saturated carbocycles. The molecule has 5 rings (SSSR count). The van der Waals surface area contributed by atoms with Gasteiger partial charge >= 0.3 is 0 Å². The predicted molar refractivity (Wildman–Crippen MR) is 167 cm³/mol. The summed E-state index contributed by atoms with van der Waals surface area (Å²) in [5.74, 6) is -1.23. The molecule has 8 nitrogen and oxygen atoms in total. The Morgan fingerprint density at radius 2 is 1.32 bits per heavy atom. The molecule has 10 heteroatoms. The van der Waals surface area contributed by atoms with Gasteiger partial charge in [0.2, 0.25) is 0 Å². The molecule has 1 amide bonds. The van der Waals surface area contributed by atoms with E-state index < -0.39 is 31.4 Å². The van der Waals surface area contributed by atoms with Crippen LogP contribution >= 0.6 is 0 Å². The lowest BCUT2D eigenvalue weighted by Crippen LogP contribution is -2.30. The molecule has 0 radical (unpaired) electrons. The van der Waals surface area contributed by atoms with E-state index in [0.717, 1.165) is 22.8 Å². The number of nitro benzene ring substituents is 1. The van der Waals surface area contributed by atoms with E-state index in [4.69, 9.17) is 0 Å². The Balaban J connectivity index is 1.28. The third kappa shape index (κ3) is 7.16. The van der Waals surface area contributed by atoms with Crippen LogP contribution in [0, 0.1) is 15.9 Å². The number of hydrogen-bond acceptors (Lipinski definition) is 6. The fraction of sp³-hybridized carbons (Fsp3) is 0.0882. The standard InChI is InChI=1S/C34H28FN3O5S/c35-29-17-15-25(16-18-29)24-11-13-28(14-12-24)34(39)37-44(42,43)30-19-20-32(33(23-30)38(40)41)36-22-21-31(26-7-3-1-4-8-26)27-9-5-2-6-10-27/h1-20,23,31,36H,21-22H2,(H,37,39). The van der Waals surface area contributed by atoms with Gasteiger partial charge in [0.1, 0.15) is 11.5 Å². The van der Waals surface area contributed by atoms with Crippen molar-refractivity contribution in [3.05, 3.63) is 160 Å². The highest BCUT2D eigenvalue weighted by Gasteiger charge is 2.24. The Morgan fingerprint density at radius 3 is 1.86 bits per heavy atom. The highest BCUT2D eigenvalue weighted by Crippen LogP contribution is 2.31. The average Bonchev–Trinajstić information content (AvgIpc) is 3.04. The Hall–Kier alpha value is -5.35. The lowest BCUT2D eigenvalue weighted by molar-refractivity contribution is -0.384. The molecule has 0 bridgehead atoms. The maximum absolute atomic E-state index is 13.2. The fourth-order valence-electron chi connectivity index (χ4n) is 4.92. The molecule has 2 N–H and O–H groups in total. The van der Waals surface area contributed by atoms with Gasteiger partial charge in [-0.05, 0) is 65.1 Å². The van der Waals surface area contributed by atoms with Crippen LogP contribution in [0.3, 0.4) is 0 Å². The first kappa shape index (κ1) is 30.1. The van der Waals surface area contributed by atoms with Crippen molar-refractivity contribution in [3.8, 4) is 11.1 Å². The zero-order valence-electron chi connectivity index (χ0n) is 23.4. The Morgan fingerprint density at radius 1 is 0.773 bits per heavy atom. The first-order valence-electron chi connectivity index (χ1n) is 13.8. The maximum Gasteiger partial charge on any atom is 0.293 e. The van der Waals surface area contributed by atoms with Gasteiger partial charge < -0.3 is 5.32 Å². The highest BCUT2D eigenvalue weighted by molar-refractivity contribution is 7.90. The molecule has 44 heavy (non-hydrogen) atoms. The summed E-state index contributed by atoms with van der Waals surface area (Å²) in [6.07, 6.45) is 0.626. The van der Waals surface area contributed by atoms with Gasteiger partial charge in [-0.25, -0.2) is 17.5 Å². The summed E-state index contributed by atoms with van der Waals surface area (Å²) < 4.78 is 41.2. The molecule has 5 aromatic rings. The van der Waals surface area contributed by atoms with Crippen molar-refractivity contribution < 1.29 is 22.5 Å². The summed E-state index contributed by atoms with van der Waals surface area (Å²) in [6.45, 7) is 0.381. The monoisotopic (exact) mass is 609 g/mol. The van der Waals surface area contributed by atoms with E-state index in [1.165, 1.54) is 36.4 Å². The predicted octanol–water partition coefficient (Wildman–Crippen LogP) is 7.15. The van der Waals surface area contributed by atoms with Crippen molar-refractivity contribution >= 4 is 27.3 Å². The maximum atomic E-state index is 13.2. The van der Waals surface area contributed by atoms with E-state index in [9.17, 15) is 27.7 Å². The van der Waals surface area contributed by atoms with Crippen molar-refractivity contribution in [3.63, 3.8) is 0 Å². The average molecular weight is 610 g/mol. The van der Waals surface area contributed by atoms with Crippen LogP contribution in [0.2, 0.25) is 0 Å². The number of anilines is 1. The zero-order valence-corrected chi connectivity index (χ0v) is 24.2. The van der Waals surface area contributed by atoms with Crippen LogP contribution in [0.5, 0.6) is 0 Å². The summed E-state index contributed by atoms with van der Waals surface area (Å²) in [5.41, 5.74) is 3.45. The minimum Gasteiger partial charge on any atom is -0.379 e. The number of nitrogens with zero attached hydrogens (tertiary/aromatic N) is 1. The molecule has 0 aliphatic rings. The molecular formula is C34H28FN3O5S. The SMILES string of the molecule is O=C(NS(=O)(=O)c1ccc(NCCC(c2ccccc2)c2ccccc2)c([N+](=O)[O-])c1)c1ccc(-c2ccc(F)cc2)cc1. The normalized spacial score (nSPS) is 11.2. The van der Waals surface area contributed by atoms with Crippen LogP contribution in [-0.2, 0) is 10.0 Å². The van der Waals surface area contributed by atoms with Crippen LogP contribution in [-0.4, -0.2) is 25.8 Å². The number of sulfonamides is 1. The third-order valence-electron chi connectivity index (χ3n) is 7.18. The molecule has 0 spiro atoms. The Labute approximate surface area is 254 Å². The highest BCUT2D eigenvalue weighted by atomic mass is 32.2. The van der Waals surface area contributed by atoms with Crippen LogP contribution in [0.1, 0.15) is 33.8 Å². The van der Waals surface area contributed by atoms with Gasteiger partial charge in [0, 0.05) is 24.1 Å². The first-order chi connectivity index (χ1) is 21.2. The minimum absolute atomic E-state index is 0.0450. The van der Waals surface area contributed by atoms with Gasteiger partial charge in [0.15, 0.2) is 0 Å². The third-order valence-corrected chi connectivity index (χ3v) is 8.51. The van der Waals surface area contributed by atoms with Crippen LogP contribution in [0.15, 0.2) is 132 Å². The van der Waals surface area contributed by atoms with Gasteiger partial charge in [-0.1, -0.05) is 84.9 Å². The van der Waals surface area contributed by atoms with E-state index in [2.05, 4.69) is 5.32 Å². The second-order valence-electron chi connectivity index (χ2n) is 10.0. The van der Waals surface area contributed by atoms with Crippen molar-refractivity contribution in [2.45, 2.75) is 17.2 Å². The van der Waals surface area contributed by atoms with Crippen molar-refractivity contribution in [2.75, 3.05) is 11.9 Å². The second-order valence-corrected chi connectivity index (χ2v) is 11.7. The van der Waals surface area contributed by atoms with E-state index in [1.807, 2.05) is 65.4 Å². The molecule has 0 atom stereocenters. The fourth-order valence-corrected chi connectivity index (χ4v) is 5.92. The summed E-state index contributed by atoms with van der Waals surface area (Å²) in [5, 5.41) is 15.0. The molecule has 0 saturated heterocycles. The number of rotatable bonds is 11. The van der Waals surface area contributed by atoms with Gasteiger partial charge in [-0.15, -0.1) is 0 Å². The van der Waals surface area contributed by atoms with Crippen LogP contribution in [0.25, 0.3) is 11.1 Å². The van der Waals surface area contributed by atoms with Crippen molar-refractivity contribution in [1.29, 1.82) is 0 Å². The largest absolute Gasteiger partial charge is 0.379 e. The number of halogens is 1. The van der Waals surface area contributed by atoms with Gasteiger partial charge in [-0.3, -0.25) is 14.9 Å². The van der Waals surface area contributed by atoms with Gasteiger partial charge in [0.05, 0.1) is 9.82 Å². The molecule has 5 aromatic carbocycles. The number of hydrogen-bond donors (Lipinski definition) is 2. The quantitative estimate of drug-likeness (QED) is 0.121. The number of carbonyl (C=O) groups is 1. The van der Waals surface area contributed by atoms with E-state index in [0.29, 0.717) is 18.5 Å². The van der Waals surface area contributed by atoms with Gasteiger partial charge in [0.25, 0.3) is 21.6 Å². The zero-order chi connectivity index (χ0) is 31.1. The lowest BCUT2D eigenvalue weighted by Gasteiger charge is -2.19. The Bertz CT molecular complexity index is 1830. The summed E-state index contributed by atoms with van der Waals surface area (Å²) >= 11 is 0. The number of nitrogens with one attached hydrogen (secondary N) is 2. The number of carbonyl (C=O) groups excluding carboxylic acids is 1. The number of nitro groups is 1. The lowest BCUT2D eigenvalue weighted by atomic mass is 9.88. The molecular weight excluding hydrogens is 581 g/mol. The number of amides is 1. The molecule has 0 heterocycles. The smallest absolute Gasteiger partial charge is 0.293 e. The summed E-state index contributed by atoms with van der Waals surface area (Å²) in [7, 11) is -4.43. The minimum atomic E-state index is -4.43. The molecule has 0 unspecified atom stereocenters. The topological polar surface area (TPSA) is 118 Å². The van der Waals surface area contributed by atoms with Crippen LogP contribution in [0.4, 0.5) is 15.8 Å². The van der Waals surface area contributed by atoms with Crippen molar-refractivity contribution in [1.82, 2.24) is 4.72 Å². The van der Waals surface area contributed by atoms with Crippen LogP contribution < -0.4 is 10.0 Å². The molecule has 0 aliphatic carbocycles. The molecule has 0 aliphatic heterocycles. The summed E-state index contributed by atoms with van der Waals surface area (Å²) in [6, 6.07) is 35.3. The van der Waals surface area contributed by atoms with Gasteiger partial charge in [-0.2, -0.15) is 0 Å².